The van der Waals surface area contributed by atoms with Gasteiger partial charge in [-0.05, 0) is 25.0 Å². The number of aromatic nitrogens is 2. The van der Waals surface area contributed by atoms with E-state index in [1.165, 1.54) is 5.69 Å². The fourth-order valence-corrected chi connectivity index (χ4v) is 2.94. The van der Waals surface area contributed by atoms with Gasteiger partial charge in [0.25, 0.3) is 0 Å². The van der Waals surface area contributed by atoms with Gasteiger partial charge in [0.05, 0.1) is 18.1 Å². The predicted molar refractivity (Wildman–Crippen MR) is 94.3 cm³/mol. The van der Waals surface area contributed by atoms with Crippen molar-refractivity contribution >= 4 is 23.2 Å². The first-order chi connectivity index (χ1) is 11.8. The minimum Gasteiger partial charge on any atom is -0.368 e. The van der Waals surface area contributed by atoms with Gasteiger partial charge in [-0.1, -0.05) is 18.2 Å². The molecule has 1 saturated carbocycles. The molecule has 0 atom stereocenters. The van der Waals surface area contributed by atoms with E-state index >= 15 is 0 Å². The number of benzene rings is 1. The van der Waals surface area contributed by atoms with Gasteiger partial charge in [0.15, 0.2) is 0 Å². The third-order valence-electron chi connectivity index (χ3n) is 4.54. The molecule has 0 radical (unpaired) electrons. The van der Waals surface area contributed by atoms with Gasteiger partial charge in [0, 0.05) is 37.8 Å². The smallest absolute Gasteiger partial charge is 0.227 e. The molecule has 2 fully saturated rings. The molecule has 124 valence electrons. The maximum Gasteiger partial charge on any atom is 0.227 e. The lowest BCUT2D eigenvalue weighted by atomic mass is 10.2. The second-order valence-corrected chi connectivity index (χ2v) is 6.34. The molecule has 2 aromatic rings. The Bertz CT molecular complexity index is 691. The minimum absolute atomic E-state index is 0.0859. The number of amides is 1. The Morgan fingerprint density at radius 2 is 1.58 bits per heavy atom. The monoisotopic (exact) mass is 323 g/mol. The Balaban J connectivity index is 1.34. The highest BCUT2D eigenvalue weighted by Gasteiger charge is 2.29. The van der Waals surface area contributed by atoms with Crippen molar-refractivity contribution in [2.24, 2.45) is 5.92 Å². The van der Waals surface area contributed by atoms with Gasteiger partial charge in [0.2, 0.25) is 11.9 Å². The summed E-state index contributed by atoms with van der Waals surface area (Å²) in [5.41, 5.74) is 1.94. The van der Waals surface area contributed by atoms with Crippen LogP contribution in [0.25, 0.3) is 0 Å². The maximum atomic E-state index is 11.7. The number of piperazine rings is 1. The highest BCUT2D eigenvalue weighted by molar-refractivity contribution is 5.93. The number of carbonyl (C=O) groups excluding carboxylic acids is 1. The molecule has 24 heavy (non-hydrogen) atoms. The molecule has 1 aliphatic heterocycles. The summed E-state index contributed by atoms with van der Waals surface area (Å²) < 4.78 is 0. The van der Waals surface area contributed by atoms with Crippen LogP contribution in [0.3, 0.4) is 0 Å². The Hall–Kier alpha value is -2.63. The van der Waals surface area contributed by atoms with Crippen molar-refractivity contribution in [1.29, 1.82) is 0 Å². The molecule has 2 heterocycles. The van der Waals surface area contributed by atoms with E-state index in [4.69, 9.17) is 0 Å². The molecule has 1 N–H and O–H groups in total. The summed E-state index contributed by atoms with van der Waals surface area (Å²) in [6.07, 6.45) is 5.39. The van der Waals surface area contributed by atoms with Crippen molar-refractivity contribution in [3.05, 3.63) is 42.7 Å². The van der Waals surface area contributed by atoms with Crippen molar-refractivity contribution < 1.29 is 4.79 Å². The summed E-state index contributed by atoms with van der Waals surface area (Å²) >= 11 is 0. The Morgan fingerprint density at radius 3 is 2.21 bits per heavy atom. The van der Waals surface area contributed by atoms with Crippen molar-refractivity contribution in [2.75, 3.05) is 41.3 Å². The quantitative estimate of drug-likeness (QED) is 0.934. The number of rotatable bonds is 4. The van der Waals surface area contributed by atoms with E-state index in [2.05, 4.69) is 49.4 Å². The lowest BCUT2D eigenvalue weighted by Crippen LogP contribution is -2.47. The molecule has 0 spiro atoms. The fourth-order valence-electron chi connectivity index (χ4n) is 2.94. The third-order valence-corrected chi connectivity index (χ3v) is 4.54. The van der Waals surface area contributed by atoms with Crippen LogP contribution in [0.15, 0.2) is 42.7 Å². The van der Waals surface area contributed by atoms with Crippen LogP contribution in [0, 0.1) is 5.92 Å². The molecule has 2 aliphatic rings. The van der Waals surface area contributed by atoms with Crippen LogP contribution >= 0.6 is 0 Å². The Morgan fingerprint density at radius 1 is 0.958 bits per heavy atom. The van der Waals surface area contributed by atoms with E-state index in [1.54, 1.807) is 12.4 Å². The molecular formula is C18H21N5O. The van der Waals surface area contributed by atoms with Crippen molar-refractivity contribution in [3.8, 4) is 0 Å². The summed E-state index contributed by atoms with van der Waals surface area (Å²) in [7, 11) is 0. The van der Waals surface area contributed by atoms with Crippen molar-refractivity contribution in [2.45, 2.75) is 12.8 Å². The van der Waals surface area contributed by atoms with Crippen LogP contribution in [0.5, 0.6) is 0 Å². The predicted octanol–water partition coefficient (Wildman–Crippen LogP) is 2.15. The summed E-state index contributed by atoms with van der Waals surface area (Å²) in [6, 6.07) is 10.5. The van der Waals surface area contributed by atoms with Crippen LogP contribution < -0.4 is 15.1 Å². The fraction of sp³-hybridized carbons (Fsp3) is 0.389. The third kappa shape index (κ3) is 3.32. The second-order valence-electron chi connectivity index (χ2n) is 6.34. The van der Waals surface area contributed by atoms with Gasteiger partial charge in [-0.2, -0.15) is 0 Å². The average Bonchev–Trinajstić information content (AvgIpc) is 3.49. The molecule has 0 unspecified atom stereocenters. The minimum atomic E-state index is 0.0859. The van der Waals surface area contributed by atoms with Gasteiger partial charge >= 0.3 is 0 Å². The van der Waals surface area contributed by atoms with Gasteiger partial charge < -0.3 is 15.1 Å². The molecule has 1 aliphatic carbocycles. The zero-order valence-corrected chi connectivity index (χ0v) is 13.6. The van der Waals surface area contributed by atoms with Crippen LogP contribution in [0.2, 0.25) is 0 Å². The van der Waals surface area contributed by atoms with Crippen molar-refractivity contribution in [1.82, 2.24) is 9.97 Å². The summed E-state index contributed by atoms with van der Waals surface area (Å²) in [6.45, 7) is 3.69. The zero-order chi connectivity index (χ0) is 16.4. The molecular weight excluding hydrogens is 302 g/mol. The molecule has 1 saturated heterocycles. The Kier molecular flexibility index (Phi) is 4.02. The number of anilines is 3. The van der Waals surface area contributed by atoms with Crippen LogP contribution in [0.1, 0.15) is 12.8 Å². The number of carbonyl (C=O) groups is 1. The van der Waals surface area contributed by atoms with E-state index < -0.39 is 0 Å². The first-order valence-corrected chi connectivity index (χ1v) is 8.47. The lowest BCUT2D eigenvalue weighted by molar-refractivity contribution is -0.117. The van der Waals surface area contributed by atoms with E-state index in [-0.39, 0.29) is 11.8 Å². The summed E-state index contributed by atoms with van der Waals surface area (Å²) in [5, 5.41) is 2.87. The average molecular weight is 323 g/mol. The van der Waals surface area contributed by atoms with Crippen LogP contribution in [-0.2, 0) is 4.79 Å². The molecule has 1 aromatic heterocycles. The second kappa shape index (κ2) is 6.47. The molecule has 6 heteroatoms. The van der Waals surface area contributed by atoms with E-state index in [0.29, 0.717) is 5.69 Å². The van der Waals surface area contributed by atoms with E-state index in [1.807, 2.05) is 6.07 Å². The van der Waals surface area contributed by atoms with Crippen LogP contribution in [0.4, 0.5) is 17.3 Å². The largest absolute Gasteiger partial charge is 0.368 e. The zero-order valence-electron chi connectivity index (χ0n) is 13.6. The van der Waals surface area contributed by atoms with Gasteiger partial charge in [0.1, 0.15) is 0 Å². The lowest BCUT2D eigenvalue weighted by Gasteiger charge is -2.36. The van der Waals surface area contributed by atoms with Gasteiger partial charge in [-0.15, -0.1) is 0 Å². The number of nitrogens with one attached hydrogen (secondary N) is 1. The molecule has 1 amide bonds. The number of nitrogens with zero attached hydrogens (tertiary/aromatic N) is 4. The first kappa shape index (κ1) is 14.9. The molecule has 4 rings (SSSR count). The SMILES string of the molecule is O=C(Nc1cnc(N2CCN(c3ccccc3)CC2)nc1)C1CC1. The highest BCUT2D eigenvalue weighted by atomic mass is 16.2. The van der Waals surface area contributed by atoms with Gasteiger partial charge in [-0.3, -0.25) is 4.79 Å². The van der Waals surface area contributed by atoms with Crippen molar-refractivity contribution in [3.63, 3.8) is 0 Å². The Labute approximate surface area is 141 Å². The number of hydrogen-bond acceptors (Lipinski definition) is 5. The van der Waals surface area contributed by atoms with Crippen LogP contribution in [-0.4, -0.2) is 42.1 Å². The summed E-state index contributed by atoms with van der Waals surface area (Å²) in [4.78, 5) is 25.1. The number of para-hydroxylation sites is 1. The highest BCUT2D eigenvalue weighted by Crippen LogP contribution is 2.30. The number of hydrogen-bond donors (Lipinski definition) is 1. The van der Waals surface area contributed by atoms with E-state index in [0.717, 1.165) is 45.0 Å². The topological polar surface area (TPSA) is 61.4 Å². The molecule has 1 aromatic carbocycles. The first-order valence-electron chi connectivity index (χ1n) is 8.47. The normalized spacial score (nSPS) is 17.7. The summed E-state index contributed by atoms with van der Waals surface area (Å²) in [5.74, 6) is 1.01. The standard InChI is InChI=1S/C18H21N5O/c24-17(14-6-7-14)21-15-12-19-18(20-13-15)23-10-8-22(9-11-23)16-4-2-1-3-5-16/h1-5,12-14H,6-11H2,(H,21,24). The van der Waals surface area contributed by atoms with E-state index in [9.17, 15) is 4.79 Å². The molecule has 0 bridgehead atoms. The maximum absolute atomic E-state index is 11.7. The molecule has 6 nitrogen and oxygen atoms in total. The van der Waals surface area contributed by atoms with Gasteiger partial charge in [-0.25, -0.2) is 9.97 Å².